The molecule has 1 saturated carbocycles. The summed E-state index contributed by atoms with van der Waals surface area (Å²) in [7, 11) is 1.70. The second-order valence-corrected chi connectivity index (χ2v) is 11.3. The van der Waals surface area contributed by atoms with Gasteiger partial charge < -0.3 is 15.2 Å². The van der Waals surface area contributed by atoms with E-state index in [1.807, 2.05) is 17.5 Å². The number of carbonyl (C=O) groups is 3. The molecule has 5 rings (SSSR count). The molecule has 1 atom stereocenters. The number of fused-ring (bicyclic) bond motifs is 1. The summed E-state index contributed by atoms with van der Waals surface area (Å²) in [5.41, 5.74) is 3.73. The number of amides is 2. The number of alkyl halides is 1. The predicted octanol–water partition coefficient (Wildman–Crippen LogP) is 4.98. The molecule has 0 unspecified atom stereocenters. The lowest BCUT2D eigenvalue weighted by Crippen LogP contribution is -2.32. The number of carboxylic acids is 1. The summed E-state index contributed by atoms with van der Waals surface area (Å²) in [5.74, 6) is -0.467. The van der Waals surface area contributed by atoms with E-state index in [-0.39, 0.29) is 31.2 Å². The quantitative estimate of drug-likeness (QED) is 0.336. The fourth-order valence-corrected chi connectivity index (χ4v) is 6.32. The third-order valence-electron chi connectivity index (χ3n) is 7.63. The average Bonchev–Trinajstić information content (AvgIpc) is 3.68. The monoisotopic (exact) mass is 566 g/mol. The van der Waals surface area contributed by atoms with Gasteiger partial charge in [-0.25, -0.2) is 14.4 Å². The molecule has 3 aromatic rings. The van der Waals surface area contributed by atoms with Crippen molar-refractivity contribution in [2.45, 2.75) is 51.5 Å². The van der Waals surface area contributed by atoms with Crippen LogP contribution >= 0.6 is 11.3 Å². The van der Waals surface area contributed by atoms with Crippen molar-refractivity contribution in [1.82, 2.24) is 15.3 Å². The summed E-state index contributed by atoms with van der Waals surface area (Å²) in [5, 5.41) is 14.7. The fraction of sp³-hybridized carbons (Fsp3) is 0.414. The van der Waals surface area contributed by atoms with Gasteiger partial charge in [0.15, 0.2) is 0 Å². The topological polar surface area (TPSA) is 122 Å². The molecule has 2 aromatic heterocycles. The Hall–Kier alpha value is -3.86. The number of nitrogens with zero attached hydrogens (tertiary/aromatic N) is 3. The van der Waals surface area contributed by atoms with Gasteiger partial charge in [0, 0.05) is 41.2 Å². The minimum atomic E-state index is -0.977. The molecule has 11 heteroatoms. The van der Waals surface area contributed by atoms with Crippen LogP contribution in [-0.4, -0.2) is 46.8 Å². The molecule has 0 spiro atoms. The molecule has 1 aliphatic carbocycles. The van der Waals surface area contributed by atoms with Gasteiger partial charge in [-0.2, -0.15) is 0 Å². The number of pyridine rings is 1. The lowest BCUT2D eigenvalue weighted by atomic mass is 9.90. The second-order valence-electron chi connectivity index (χ2n) is 10.3. The third-order valence-corrected chi connectivity index (χ3v) is 8.47. The van der Waals surface area contributed by atoms with Crippen LogP contribution in [0.2, 0.25) is 0 Å². The Morgan fingerprint density at radius 1 is 1.25 bits per heavy atom. The number of halogens is 1. The minimum Gasteiger partial charge on any atom is -0.481 e. The van der Waals surface area contributed by atoms with Crippen molar-refractivity contribution in [3.05, 3.63) is 46.4 Å². The van der Waals surface area contributed by atoms with Crippen molar-refractivity contribution in [2.75, 3.05) is 18.8 Å². The van der Waals surface area contributed by atoms with Crippen LogP contribution in [0.3, 0.4) is 0 Å². The molecular weight excluding hydrogens is 535 g/mol. The van der Waals surface area contributed by atoms with E-state index in [0.717, 1.165) is 42.4 Å². The number of aliphatic carboxylic acids is 1. The van der Waals surface area contributed by atoms with E-state index in [1.165, 1.54) is 16.2 Å². The standard InChI is InChI=1S/C29H31FN4O5S/c1-34-26(35)10-18-9-20(13-31-28(18)34)22-7-6-21(39-16-30)12-23(22)24-15-40-25(33-24)14-32-29(38)19(11-27(36)37)8-17-4-2-3-5-17/h6-7,9,12-13,15,17,19H,2-5,8,10-11,14,16H2,1H3,(H,32,38)(H,36,37)/t19-/m1/s1. The van der Waals surface area contributed by atoms with Gasteiger partial charge >= 0.3 is 5.97 Å². The highest BCUT2D eigenvalue weighted by molar-refractivity contribution is 7.09. The Bertz CT molecular complexity index is 1420. The number of carbonyl (C=O) groups excluding carboxylic acids is 2. The predicted molar refractivity (Wildman–Crippen MR) is 149 cm³/mol. The molecule has 2 aliphatic rings. The molecule has 2 N–H and O–H groups in total. The Morgan fingerprint density at radius 2 is 2.05 bits per heavy atom. The first-order valence-corrected chi connectivity index (χ1v) is 14.2. The van der Waals surface area contributed by atoms with Crippen LogP contribution in [-0.2, 0) is 27.3 Å². The number of nitrogens with one attached hydrogen (secondary N) is 1. The summed E-state index contributed by atoms with van der Waals surface area (Å²) < 4.78 is 18.0. The largest absolute Gasteiger partial charge is 0.481 e. The highest BCUT2D eigenvalue weighted by Crippen LogP contribution is 2.38. The van der Waals surface area contributed by atoms with Crippen LogP contribution in [0.4, 0.5) is 10.2 Å². The Labute approximate surface area is 235 Å². The van der Waals surface area contributed by atoms with Crippen molar-refractivity contribution in [1.29, 1.82) is 0 Å². The van der Waals surface area contributed by atoms with Gasteiger partial charge in [0.25, 0.3) is 0 Å². The Kier molecular flexibility index (Phi) is 8.39. The van der Waals surface area contributed by atoms with Crippen LogP contribution < -0.4 is 15.0 Å². The molecule has 210 valence electrons. The number of hydrogen-bond donors (Lipinski definition) is 2. The lowest BCUT2D eigenvalue weighted by molar-refractivity contribution is -0.141. The number of ether oxygens (including phenoxy) is 1. The summed E-state index contributed by atoms with van der Waals surface area (Å²) in [6.07, 6.45) is 6.71. The van der Waals surface area contributed by atoms with Crippen molar-refractivity contribution >= 4 is 34.9 Å². The summed E-state index contributed by atoms with van der Waals surface area (Å²) in [6, 6.07) is 7.12. The highest BCUT2D eigenvalue weighted by atomic mass is 32.1. The molecule has 0 saturated heterocycles. The molecule has 3 heterocycles. The molecule has 1 fully saturated rings. The molecule has 1 aliphatic heterocycles. The summed E-state index contributed by atoms with van der Waals surface area (Å²) in [6.45, 7) is -0.796. The molecule has 0 bridgehead atoms. The van der Waals surface area contributed by atoms with E-state index in [2.05, 4.69) is 10.3 Å². The zero-order valence-corrected chi connectivity index (χ0v) is 23.0. The van der Waals surface area contributed by atoms with E-state index in [1.54, 1.807) is 25.4 Å². The van der Waals surface area contributed by atoms with Crippen molar-refractivity contribution in [3.63, 3.8) is 0 Å². The first-order valence-electron chi connectivity index (χ1n) is 13.3. The molecule has 1 aromatic carbocycles. The maximum atomic E-state index is 13.0. The number of anilines is 1. The van der Waals surface area contributed by atoms with Gasteiger partial charge in [-0.3, -0.25) is 19.3 Å². The number of hydrogen-bond acceptors (Lipinski definition) is 7. The van der Waals surface area contributed by atoms with E-state index in [0.29, 0.717) is 40.2 Å². The van der Waals surface area contributed by atoms with Crippen LogP contribution in [0.5, 0.6) is 5.75 Å². The Balaban J connectivity index is 1.35. The number of benzene rings is 1. The van der Waals surface area contributed by atoms with Crippen molar-refractivity contribution in [2.24, 2.45) is 11.8 Å². The normalized spacial score (nSPS) is 15.8. The summed E-state index contributed by atoms with van der Waals surface area (Å²) in [4.78, 5) is 47.2. The minimum absolute atomic E-state index is 0.0217. The fourth-order valence-electron chi connectivity index (χ4n) is 5.59. The van der Waals surface area contributed by atoms with Gasteiger partial charge in [0.05, 0.1) is 25.1 Å². The smallest absolute Gasteiger partial charge is 0.304 e. The van der Waals surface area contributed by atoms with E-state index < -0.39 is 18.7 Å². The van der Waals surface area contributed by atoms with Crippen LogP contribution in [0.25, 0.3) is 22.4 Å². The number of carboxylic acid groups (broad SMARTS) is 1. The van der Waals surface area contributed by atoms with Crippen molar-refractivity contribution in [3.8, 4) is 28.1 Å². The number of likely N-dealkylation sites (N-methyl/N-ethyl adjacent to an activating group) is 1. The highest BCUT2D eigenvalue weighted by Gasteiger charge is 2.28. The average molecular weight is 567 g/mol. The molecule has 40 heavy (non-hydrogen) atoms. The first kappa shape index (κ1) is 27.7. The van der Waals surface area contributed by atoms with Crippen LogP contribution in [0.1, 0.15) is 49.1 Å². The third kappa shape index (κ3) is 6.14. The zero-order chi connectivity index (χ0) is 28.2. The van der Waals surface area contributed by atoms with E-state index in [9.17, 15) is 23.9 Å². The van der Waals surface area contributed by atoms with Gasteiger partial charge in [0.2, 0.25) is 18.7 Å². The van der Waals surface area contributed by atoms with Gasteiger partial charge in [0.1, 0.15) is 16.6 Å². The molecule has 2 amide bonds. The SMILES string of the molecule is CN1C(=O)Cc2cc(-c3ccc(OCF)cc3-c3csc(CNC(=O)[C@@H](CC(=O)O)CC4CCCC4)n3)cnc21. The second kappa shape index (κ2) is 12.1. The summed E-state index contributed by atoms with van der Waals surface area (Å²) >= 11 is 1.36. The van der Waals surface area contributed by atoms with Gasteiger partial charge in [-0.05, 0) is 42.2 Å². The van der Waals surface area contributed by atoms with Gasteiger partial charge in [-0.15, -0.1) is 11.3 Å². The van der Waals surface area contributed by atoms with Crippen LogP contribution in [0.15, 0.2) is 35.8 Å². The Morgan fingerprint density at radius 3 is 2.80 bits per heavy atom. The van der Waals surface area contributed by atoms with E-state index in [4.69, 9.17) is 9.72 Å². The maximum Gasteiger partial charge on any atom is 0.304 e. The van der Waals surface area contributed by atoms with E-state index >= 15 is 0 Å². The molecule has 0 radical (unpaired) electrons. The van der Waals surface area contributed by atoms with Crippen LogP contribution in [0, 0.1) is 11.8 Å². The first-order chi connectivity index (χ1) is 19.3. The number of rotatable bonds is 11. The number of thiazole rings is 1. The number of aromatic nitrogens is 2. The molecular formula is C29H31FN4O5S. The maximum absolute atomic E-state index is 13.0. The zero-order valence-electron chi connectivity index (χ0n) is 22.2. The lowest BCUT2D eigenvalue weighted by Gasteiger charge is -2.18. The molecule has 9 nitrogen and oxygen atoms in total. The van der Waals surface area contributed by atoms with Gasteiger partial charge in [-0.1, -0.05) is 25.7 Å². The van der Waals surface area contributed by atoms with Crippen molar-refractivity contribution < 1.29 is 28.6 Å².